The molecule has 3 rings (SSSR count). The largest absolute Gasteiger partial charge is 0.383 e. The number of carbonyl (C=O) groups excluding carboxylic acids is 2. The summed E-state index contributed by atoms with van der Waals surface area (Å²) in [6.07, 6.45) is 1.61. The van der Waals surface area contributed by atoms with Gasteiger partial charge in [0.2, 0.25) is 5.91 Å². The number of carbonyl (C=O) groups is 2. The van der Waals surface area contributed by atoms with Crippen molar-refractivity contribution in [1.82, 2.24) is 5.01 Å². The second-order valence-electron chi connectivity index (χ2n) is 7.40. The van der Waals surface area contributed by atoms with Crippen LogP contribution in [0.25, 0.3) is 0 Å². The SMILES string of the molecule is COCCN=C1SC(CC(=O)Nc2ccc(Cl)cc2)C(=O)N1/N=C/c1ccc(N(C)C)cc1. The number of rotatable bonds is 9. The number of hydrogen-bond donors (Lipinski definition) is 1. The van der Waals surface area contributed by atoms with E-state index in [1.165, 1.54) is 16.8 Å². The maximum Gasteiger partial charge on any atom is 0.263 e. The van der Waals surface area contributed by atoms with Gasteiger partial charge in [-0.1, -0.05) is 35.5 Å². The van der Waals surface area contributed by atoms with Crippen LogP contribution < -0.4 is 10.2 Å². The quantitative estimate of drug-likeness (QED) is 0.430. The predicted molar refractivity (Wildman–Crippen MR) is 135 cm³/mol. The number of ether oxygens (including phenoxy) is 1. The molecule has 1 atom stereocenters. The van der Waals surface area contributed by atoms with Crippen molar-refractivity contribution in [3.63, 3.8) is 0 Å². The number of anilines is 2. The third-order valence-corrected chi connectivity index (χ3v) is 6.10. The Morgan fingerprint density at radius 3 is 2.55 bits per heavy atom. The van der Waals surface area contributed by atoms with Crippen LogP contribution in [0.5, 0.6) is 0 Å². The van der Waals surface area contributed by atoms with Crippen LogP contribution in [0, 0.1) is 0 Å². The summed E-state index contributed by atoms with van der Waals surface area (Å²) in [5, 5.41) is 8.83. The third kappa shape index (κ3) is 7.05. The Labute approximate surface area is 202 Å². The Hall–Kier alpha value is -2.88. The molecule has 0 radical (unpaired) electrons. The molecular weight excluding hydrogens is 462 g/mol. The van der Waals surface area contributed by atoms with E-state index in [0.29, 0.717) is 29.0 Å². The number of thioether (sulfide) groups is 1. The van der Waals surface area contributed by atoms with Crippen LogP contribution in [-0.2, 0) is 14.3 Å². The highest BCUT2D eigenvalue weighted by Gasteiger charge is 2.39. The second-order valence-corrected chi connectivity index (χ2v) is 9.01. The molecular formula is C23H26ClN5O3S. The van der Waals surface area contributed by atoms with Gasteiger partial charge in [0.1, 0.15) is 5.25 Å². The first-order valence-corrected chi connectivity index (χ1v) is 11.5. The summed E-state index contributed by atoms with van der Waals surface area (Å²) in [6.45, 7) is 0.808. The zero-order chi connectivity index (χ0) is 23.8. The first-order chi connectivity index (χ1) is 15.9. The minimum absolute atomic E-state index is 0.00102. The number of amidine groups is 1. The summed E-state index contributed by atoms with van der Waals surface area (Å²) in [6, 6.07) is 14.6. The van der Waals surface area contributed by atoms with Gasteiger partial charge in [0.05, 0.1) is 19.4 Å². The average molecular weight is 488 g/mol. The molecule has 1 aliphatic heterocycles. The van der Waals surface area contributed by atoms with Gasteiger partial charge in [-0.25, -0.2) is 0 Å². The molecule has 0 aromatic heterocycles. The highest BCUT2D eigenvalue weighted by Crippen LogP contribution is 2.30. The van der Waals surface area contributed by atoms with Gasteiger partial charge in [-0.05, 0) is 42.0 Å². The van der Waals surface area contributed by atoms with Crippen LogP contribution in [0.15, 0.2) is 58.6 Å². The van der Waals surface area contributed by atoms with Crippen molar-refractivity contribution < 1.29 is 14.3 Å². The molecule has 0 aliphatic carbocycles. The van der Waals surface area contributed by atoms with E-state index >= 15 is 0 Å². The molecule has 1 aliphatic rings. The molecule has 1 fully saturated rings. The maximum absolute atomic E-state index is 13.0. The van der Waals surface area contributed by atoms with Crippen LogP contribution in [0.1, 0.15) is 12.0 Å². The molecule has 1 N–H and O–H groups in total. The standard InChI is InChI=1S/C23H26ClN5O3S/c1-28(2)19-10-4-16(5-11-19)15-26-29-22(31)20(33-23(29)25-12-13-32-3)14-21(30)27-18-8-6-17(24)7-9-18/h4-11,15,20H,12-14H2,1-3H3,(H,27,30)/b25-23?,26-15+. The van der Waals surface area contributed by atoms with Crippen LogP contribution in [0.4, 0.5) is 11.4 Å². The summed E-state index contributed by atoms with van der Waals surface area (Å²) in [5.41, 5.74) is 2.52. The lowest BCUT2D eigenvalue weighted by atomic mass is 10.2. The molecule has 2 aromatic carbocycles. The molecule has 10 heteroatoms. The number of benzene rings is 2. The zero-order valence-electron chi connectivity index (χ0n) is 18.7. The summed E-state index contributed by atoms with van der Waals surface area (Å²) in [4.78, 5) is 32.0. The molecule has 174 valence electrons. The van der Waals surface area contributed by atoms with E-state index < -0.39 is 5.25 Å². The average Bonchev–Trinajstić information content (AvgIpc) is 3.08. The lowest BCUT2D eigenvalue weighted by molar-refractivity contribution is -0.128. The zero-order valence-corrected chi connectivity index (χ0v) is 20.3. The Bertz CT molecular complexity index is 1030. The number of aliphatic imine (C=N–C) groups is 1. The van der Waals surface area contributed by atoms with Crippen molar-refractivity contribution in [2.45, 2.75) is 11.7 Å². The molecule has 8 nitrogen and oxygen atoms in total. The van der Waals surface area contributed by atoms with E-state index in [9.17, 15) is 9.59 Å². The Balaban J connectivity index is 1.70. The number of nitrogens with one attached hydrogen (secondary N) is 1. The van der Waals surface area contributed by atoms with Gasteiger partial charge < -0.3 is 15.0 Å². The van der Waals surface area contributed by atoms with Gasteiger partial charge in [-0.2, -0.15) is 10.1 Å². The third-order valence-electron chi connectivity index (χ3n) is 4.69. The fourth-order valence-electron chi connectivity index (χ4n) is 2.93. The molecule has 1 heterocycles. The summed E-state index contributed by atoms with van der Waals surface area (Å²) < 4.78 is 5.05. The minimum atomic E-state index is -0.619. The molecule has 0 bridgehead atoms. The fourth-order valence-corrected chi connectivity index (χ4v) is 4.15. The number of nitrogens with zero attached hydrogens (tertiary/aromatic N) is 4. The van der Waals surface area contributed by atoms with Crippen molar-refractivity contribution in [2.75, 3.05) is 44.6 Å². The number of methoxy groups -OCH3 is 1. The van der Waals surface area contributed by atoms with Gasteiger partial charge >= 0.3 is 0 Å². The van der Waals surface area contributed by atoms with Gasteiger partial charge in [0.15, 0.2) is 5.17 Å². The smallest absolute Gasteiger partial charge is 0.263 e. The molecule has 33 heavy (non-hydrogen) atoms. The number of hydrogen-bond acceptors (Lipinski definition) is 7. The summed E-state index contributed by atoms with van der Waals surface area (Å²) >= 11 is 7.11. The number of halogens is 1. The van der Waals surface area contributed by atoms with Crippen molar-refractivity contribution in [3.8, 4) is 0 Å². The van der Waals surface area contributed by atoms with E-state index in [4.69, 9.17) is 16.3 Å². The first kappa shape index (κ1) is 24.8. The van der Waals surface area contributed by atoms with Crippen LogP contribution in [-0.4, -0.2) is 67.8 Å². The fraction of sp³-hybridized carbons (Fsp3) is 0.304. The van der Waals surface area contributed by atoms with E-state index in [1.807, 2.05) is 43.3 Å². The molecule has 1 unspecified atom stereocenters. The van der Waals surface area contributed by atoms with Crippen LogP contribution >= 0.6 is 23.4 Å². The number of amides is 2. The summed E-state index contributed by atoms with van der Waals surface area (Å²) in [5.74, 6) is -0.562. The monoisotopic (exact) mass is 487 g/mol. The number of hydrazone groups is 1. The van der Waals surface area contributed by atoms with E-state index in [2.05, 4.69) is 15.4 Å². The molecule has 0 spiro atoms. The molecule has 2 aromatic rings. The van der Waals surface area contributed by atoms with E-state index in [1.54, 1.807) is 37.6 Å². The highest BCUT2D eigenvalue weighted by atomic mass is 35.5. The predicted octanol–water partition coefficient (Wildman–Crippen LogP) is 3.72. The van der Waals surface area contributed by atoms with Gasteiger partial charge in [-0.15, -0.1) is 0 Å². The molecule has 1 saturated heterocycles. The van der Waals surface area contributed by atoms with Crippen LogP contribution in [0.2, 0.25) is 5.02 Å². The van der Waals surface area contributed by atoms with Crippen molar-refractivity contribution >= 4 is 57.9 Å². The Morgan fingerprint density at radius 1 is 1.21 bits per heavy atom. The van der Waals surface area contributed by atoms with Gasteiger partial charge in [0.25, 0.3) is 5.91 Å². The van der Waals surface area contributed by atoms with Crippen molar-refractivity contribution in [3.05, 3.63) is 59.1 Å². The topological polar surface area (TPSA) is 86.6 Å². The summed E-state index contributed by atoms with van der Waals surface area (Å²) in [7, 11) is 5.52. The first-order valence-electron chi connectivity index (χ1n) is 10.3. The molecule has 0 saturated carbocycles. The molecule has 2 amide bonds. The lowest BCUT2D eigenvalue weighted by Crippen LogP contribution is -2.30. The Morgan fingerprint density at radius 2 is 1.91 bits per heavy atom. The van der Waals surface area contributed by atoms with E-state index in [0.717, 1.165) is 11.3 Å². The van der Waals surface area contributed by atoms with E-state index in [-0.39, 0.29) is 18.2 Å². The highest BCUT2D eigenvalue weighted by molar-refractivity contribution is 8.15. The van der Waals surface area contributed by atoms with Crippen molar-refractivity contribution in [2.24, 2.45) is 10.1 Å². The van der Waals surface area contributed by atoms with Gasteiger partial charge in [-0.3, -0.25) is 14.6 Å². The normalized spacial score (nSPS) is 17.2. The van der Waals surface area contributed by atoms with Crippen LogP contribution in [0.3, 0.4) is 0 Å². The minimum Gasteiger partial charge on any atom is -0.383 e. The lowest BCUT2D eigenvalue weighted by Gasteiger charge is -2.12. The maximum atomic E-state index is 13.0. The van der Waals surface area contributed by atoms with Gasteiger partial charge in [0, 0.05) is 44.0 Å². The second kappa shape index (κ2) is 11.8. The van der Waals surface area contributed by atoms with Crippen molar-refractivity contribution in [1.29, 1.82) is 0 Å². The Kier molecular flexibility index (Phi) is 8.87.